The number of rotatable bonds is 4. The van der Waals surface area contributed by atoms with Crippen LogP contribution in [0.5, 0.6) is 0 Å². The van der Waals surface area contributed by atoms with Crippen molar-refractivity contribution in [2.75, 3.05) is 12.4 Å². The Kier molecular flexibility index (Phi) is 6.00. The fourth-order valence-corrected chi connectivity index (χ4v) is 6.61. The molecule has 6 rings (SSSR count). The van der Waals surface area contributed by atoms with Gasteiger partial charge in [-0.2, -0.15) is 0 Å². The van der Waals surface area contributed by atoms with E-state index >= 15 is 0 Å². The summed E-state index contributed by atoms with van der Waals surface area (Å²) in [5, 5.41) is 5.84. The topological polar surface area (TPSA) is 50.2 Å². The molecule has 3 heterocycles. The maximum atomic E-state index is 13.2. The summed E-state index contributed by atoms with van der Waals surface area (Å²) < 4.78 is 1.57. The van der Waals surface area contributed by atoms with Crippen molar-refractivity contribution in [3.05, 3.63) is 86.1 Å². The second kappa shape index (κ2) is 9.07. The Morgan fingerprint density at radius 2 is 1.67 bits per heavy atom. The first-order valence-electron chi connectivity index (χ1n) is 12.1. The van der Waals surface area contributed by atoms with Crippen LogP contribution in [0, 0.1) is 5.92 Å². The number of likely N-dealkylation sites (tertiary alicyclic amines) is 1. The van der Waals surface area contributed by atoms with Crippen LogP contribution in [0.15, 0.2) is 65.5 Å². The molecule has 2 aromatic heterocycles. The van der Waals surface area contributed by atoms with Gasteiger partial charge in [-0.1, -0.05) is 59.1 Å². The van der Waals surface area contributed by atoms with Gasteiger partial charge in [-0.05, 0) is 57.0 Å². The minimum atomic E-state index is -0.227. The highest BCUT2D eigenvalue weighted by Gasteiger charge is 2.49. The number of hydrogen-bond acceptors (Lipinski definition) is 4. The van der Waals surface area contributed by atoms with E-state index in [0.29, 0.717) is 61.8 Å². The predicted molar refractivity (Wildman–Crippen MR) is 149 cm³/mol. The first kappa shape index (κ1) is 23.8. The first-order chi connectivity index (χ1) is 17.3. The number of hydrogen-bond donors (Lipinski definition) is 1. The van der Waals surface area contributed by atoms with Crippen molar-refractivity contribution in [2.24, 2.45) is 5.92 Å². The first-order valence-corrected chi connectivity index (χ1v) is 13.2. The molecule has 0 radical (unpaired) electrons. The van der Waals surface area contributed by atoms with Gasteiger partial charge in [0.1, 0.15) is 5.82 Å². The molecule has 1 N–H and O–H groups in total. The maximum Gasteiger partial charge on any atom is 0.255 e. The van der Waals surface area contributed by atoms with Gasteiger partial charge in [0.2, 0.25) is 0 Å². The lowest BCUT2D eigenvalue weighted by atomic mass is 9.74. The number of halogens is 3. The lowest BCUT2D eigenvalue weighted by Crippen LogP contribution is -2.52. The Morgan fingerprint density at radius 1 is 0.944 bits per heavy atom. The Hall–Kier alpha value is -2.57. The lowest BCUT2D eigenvalue weighted by Gasteiger charge is -2.43. The largest absolute Gasteiger partial charge is 0.367 e. The summed E-state index contributed by atoms with van der Waals surface area (Å²) in [5.41, 5.74) is 2.38. The minimum absolute atomic E-state index is 0.227. The van der Waals surface area contributed by atoms with Crippen molar-refractivity contribution < 1.29 is 0 Å². The molecule has 1 aliphatic carbocycles. The minimum Gasteiger partial charge on any atom is -0.367 e. The molecule has 1 saturated carbocycles. The zero-order valence-electron chi connectivity index (χ0n) is 19.9. The van der Waals surface area contributed by atoms with Gasteiger partial charge in [0.25, 0.3) is 5.56 Å². The molecule has 4 aromatic rings. The van der Waals surface area contributed by atoms with Crippen LogP contribution in [0.25, 0.3) is 27.8 Å². The predicted octanol–water partition coefficient (Wildman–Crippen LogP) is 6.91. The van der Waals surface area contributed by atoms with Gasteiger partial charge in [-0.15, -0.1) is 0 Å². The van der Waals surface area contributed by atoms with E-state index in [1.807, 2.05) is 30.3 Å². The summed E-state index contributed by atoms with van der Waals surface area (Å²) in [5.74, 6) is 1.27. The molecule has 2 aliphatic rings. The van der Waals surface area contributed by atoms with Crippen molar-refractivity contribution in [2.45, 2.75) is 37.9 Å². The van der Waals surface area contributed by atoms with E-state index in [4.69, 9.17) is 39.8 Å². The SMILES string of the molecule is CC1CC2C(Nc3cc4c(ccc(=O)n4-c4c(Cl)cccc4Cl)c(-c4ccccc4Cl)n3)CC2N1C. The van der Waals surface area contributed by atoms with Crippen LogP contribution >= 0.6 is 34.8 Å². The molecule has 4 atom stereocenters. The molecule has 4 unspecified atom stereocenters. The number of fused-ring (bicyclic) bond motifs is 2. The van der Waals surface area contributed by atoms with E-state index in [9.17, 15) is 4.79 Å². The van der Waals surface area contributed by atoms with E-state index in [1.165, 1.54) is 6.07 Å². The molecule has 8 heteroatoms. The molecule has 36 heavy (non-hydrogen) atoms. The van der Waals surface area contributed by atoms with Gasteiger partial charge in [0, 0.05) is 46.2 Å². The van der Waals surface area contributed by atoms with Crippen molar-refractivity contribution in [1.29, 1.82) is 0 Å². The molecule has 2 aromatic carbocycles. The lowest BCUT2D eigenvalue weighted by molar-refractivity contribution is 0.137. The van der Waals surface area contributed by atoms with Crippen LogP contribution in [0.1, 0.15) is 19.8 Å². The molecule has 0 amide bonds. The number of anilines is 1. The number of nitrogens with zero attached hydrogens (tertiary/aromatic N) is 3. The van der Waals surface area contributed by atoms with E-state index in [0.717, 1.165) is 23.8 Å². The molecule has 0 spiro atoms. The van der Waals surface area contributed by atoms with Gasteiger partial charge in [-0.3, -0.25) is 9.36 Å². The summed E-state index contributed by atoms with van der Waals surface area (Å²) in [6.45, 7) is 2.28. The average Bonchev–Trinajstić information content (AvgIpc) is 3.07. The number of pyridine rings is 2. The quantitative estimate of drug-likeness (QED) is 0.306. The third-order valence-electron chi connectivity index (χ3n) is 7.85. The number of aromatic nitrogens is 2. The van der Waals surface area contributed by atoms with Gasteiger partial charge < -0.3 is 10.2 Å². The second-order valence-corrected chi connectivity index (χ2v) is 11.0. The molecule has 184 valence electrons. The van der Waals surface area contributed by atoms with E-state index in [1.54, 1.807) is 28.8 Å². The zero-order chi connectivity index (χ0) is 25.1. The van der Waals surface area contributed by atoms with Crippen molar-refractivity contribution in [1.82, 2.24) is 14.5 Å². The van der Waals surface area contributed by atoms with Gasteiger partial charge in [-0.25, -0.2) is 4.98 Å². The number of nitrogens with one attached hydrogen (secondary N) is 1. The molecule has 1 saturated heterocycles. The summed E-state index contributed by atoms with van der Waals surface area (Å²) in [6, 6.07) is 19.6. The fourth-order valence-electron chi connectivity index (χ4n) is 5.82. The number of para-hydroxylation sites is 1. The van der Waals surface area contributed by atoms with E-state index < -0.39 is 0 Å². The molecule has 1 aliphatic heterocycles. The van der Waals surface area contributed by atoms with E-state index in [2.05, 4.69) is 24.2 Å². The highest BCUT2D eigenvalue weighted by molar-refractivity contribution is 6.38. The smallest absolute Gasteiger partial charge is 0.255 e. The highest BCUT2D eigenvalue weighted by Crippen LogP contribution is 2.44. The fraction of sp³-hybridized carbons (Fsp3) is 0.286. The normalized spacial score (nSPS) is 23.5. The van der Waals surface area contributed by atoms with Crippen molar-refractivity contribution in [3.8, 4) is 16.9 Å². The molecular weight excluding hydrogens is 515 g/mol. The second-order valence-electron chi connectivity index (χ2n) is 9.81. The van der Waals surface area contributed by atoms with Crippen LogP contribution in [0.2, 0.25) is 15.1 Å². The van der Waals surface area contributed by atoms with Gasteiger partial charge in [0.15, 0.2) is 0 Å². The maximum absolute atomic E-state index is 13.2. The Morgan fingerprint density at radius 3 is 2.39 bits per heavy atom. The van der Waals surface area contributed by atoms with Crippen molar-refractivity contribution >= 4 is 51.5 Å². The Bertz CT molecular complexity index is 1530. The zero-order valence-corrected chi connectivity index (χ0v) is 22.1. The molecule has 2 fully saturated rings. The monoisotopic (exact) mass is 538 g/mol. The van der Waals surface area contributed by atoms with Crippen LogP contribution < -0.4 is 10.9 Å². The number of benzene rings is 2. The average molecular weight is 540 g/mol. The van der Waals surface area contributed by atoms with Crippen molar-refractivity contribution in [3.63, 3.8) is 0 Å². The van der Waals surface area contributed by atoms with Gasteiger partial charge >= 0.3 is 0 Å². The molecular formula is C28H25Cl3N4O. The van der Waals surface area contributed by atoms with Crippen LogP contribution in [-0.4, -0.2) is 39.6 Å². The van der Waals surface area contributed by atoms with E-state index in [-0.39, 0.29) is 5.56 Å². The highest BCUT2D eigenvalue weighted by atomic mass is 35.5. The summed E-state index contributed by atoms with van der Waals surface area (Å²) in [7, 11) is 2.21. The standard InChI is InChI=1S/C28H25Cl3N4O/c1-15-12-18-22(13-23(18)34(15)2)32-25-14-24-17(27(33-25)16-6-3-4-7-19(16)29)10-11-26(36)35(24)28-20(30)8-5-9-21(28)31/h3-11,14-15,18,22-23H,12-13H2,1-2H3,(H,32,33). The molecule has 5 nitrogen and oxygen atoms in total. The third kappa shape index (κ3) is 3.81. The molecule has 0 bridgehead atoms. The van der Waals surface area contributed by atoms with Crippen LogP contribution in [0.4, 0.5) is 5.82 Å². The Labute approximate surface area is 224 Å². The third-order valence-corrected chi connectivity index (χ3v) is 8.79. The Balaban J connectivity index is 1.56. The van der Waals surface area contributed by atoms with Crippen LogP contribution in [0.3, 0.4) is 0 Å². The summed E-state index contributed by atoms with van der Waals surface area (Å²) in [4.78, 5) is 20.7. The van der Waals surface area contributed by atoms with Crippen LogP contribution in [-0.2, 0) is 0 Å². The summed E-state index contributed by atoms with van der Waals surface area (Å²) >= 11 is 19.7. The van der Waals surface area contributed by atoms with Gasteiger partial charge in [0.05, 0.1) is 26.9 Å². The summed E-state index contributed by atoms with van der Waals surface area (Å²) in [6.07, 6.45) is 2.22.